The summed E-state index contributed by atoms with van der Waals surface area (Å²) in [6, 6.07) is 6.18. The molecular weight excluding hydrogens is 336 g/mol. The second-order valence-electron chi connectivity index (χ2n) is 6.63. The van der Waals surface area contributed by atoms with Gasteiger partial charge in [-0.1, -0.05) is 12.1 Å². The third-order valence-corrected chi connectivity index (χ3v) is 4.70. The lowest BCUT2D eigenvalue weighted by molar-refractivity contribution is -0.384. The highest BCUT2D eigenvalue weighted by atomic mass is 16.6. The van der Waals surface area contributed by atoms with Crippen molar-refractivity contribution in [3.63, 3.8) is 0 Å². The van der Waals surface area contributed by atoms with Crippen molar-refractivity contribution in [3.05, 3.63) is 40.3 Å². The molecule has 1 fully saturated rings. The molecule has 1 saturated carbocycles. The van der Waals surface area contributed by atoms with Crippen molar-refractivity contribution in [1.82, 2.24) is 15.0 Å². The number of aromatic nitrogens is 2. The van der Waals surface area contributed by atoms with Crippen molar-refractivity contribution in [3.8, 4) is 11.4 Å². The predicted molar refractivity (Wildman–Crippen MR) is 94.3 cm³/mol. The van der Waals surface area contributed by atoms with Gasteiger partial charge in [0, 0.05) is 42.6 Å². The minimum Gasteiger partial charge on any atom is -0.339 e. The van der Waals surface area contributed by atoms with Gasteiger partial charge < -0.3 is 9.42 Å². The van der Waals surface area contributed by atoms with Crippen LogP contribution >= 0.6 is 0 Å². The molecule has 1 aromatic carbocycles. The zero-order chi connectivity index (χ0) is 18.7. The van der Waals surface area contributed by atoms with Crippen LogP contribution in [0.1, 0.15) is 39.0 Å². The van der Waals surface area contributed by atoms with Crippen LogP contribution in [0.25, 0.3) is 11.4 Å². The molecule has 3 rings (SSSR count). The number of carbonyl (C=O) groups excluding carboxylic acids is 1. The predicted octanol–water partition coefficient (Wildman–Crippen LogP) is 3.22. The largest absolute Gasteiger partial charge is 0.339 e. The number of hydrogen-bond donors (Lipinski definition) is 0. The molecule has 26 heavy (non-hydrogen) atoms. The molecule has 1 heterocycles. The Morgan fingerprint density at radius 3 is 2.65 bits per heavy atom. The second kappa shape index (κ2) is 7.63. The van der Waals surface area contributed by atoms with Gasteiger partial charge in [-0.2, -0.15) is 4.98 Å². The minimum absolute atomic E-state index is 0.0141. The Morgan fingerprint density at radius 2 is 2.08 bits per heavy atom. The molecule has 0 unspecified atom stereocenters. The summed E-state index contributed by atoms with van der Waals surface area (Å²) in [4.78, 5) is 29.0. The summed E-state index contributed by atoms with van der Waals surface area (Å²) in [5.41, 5.74) is 0.665. The summed E-state index contributed by atoms with van der Waals surface area (Å²) >= 11 is 0. The van der Waals surface area contributed by atoms with E-state index in [-0.39, 0.29) is 23.6 Å². The first-order valence-corrected chi connectivity index (χ1v) is 8.87. The fourth-order valence-corrected chi connectivity index (χ4v) is 2.75. The molecule has 1 aromatic heterocycles. The number of benzene rings is 1. The number of hydrogen-bond acceptors (Lipinski definition) is 6. The van der Waals surface area contributed by atoms with Crippen LogP contribution in [-0.4, -0.2) is 38.5 Å². The Balaban J connectivity index is 1.65. The highest BCUT2D eigenvalue weighted by Gasteiger charge is 2.34. The van der Waals surface area contributed by atoms with Gasteiger partial charge in [-0.3, -0.25) is 14.9 Å². The molecule has 1 atom stereocenters. The normalized spacial score (nSPS) is 14.8. The second-order valence-corrected chi connectivity index (χ2v) is 6.63. The van der Waals surface area contributed by atoms with Crippen molar-refractivity contribution in [2.75, 3.05) is 6.54 Å². The average molecular weight is 358 g/mol. The number of nitro groups is 1. The maximum absolute atomic E-state index is 12.4. The van der Waals surface area contributed by atoms with Gasteiger partial charge in [0.15, 0.2) is 0 Å². The molecule has 0 saturated heterocycles. The third-order valence-electron chi connectivity index (χ3n) is 4.70. The maximum Gasteiger partial charge on any atom is 0.269 e. The van der Waals surface area contributed by atoms with Crippen LogP contribution < -0.4 is 0 Å². The molecule has 8 nitrogen and oxygen atoms in total. The SMILES string of the molecule is CC[C@@H](C)N(CCc1nc(-c2ccc([N+](=O)[O-])cc2)no1)C(=O)C1CC1. The fraction of sp³-hybridized carbons (Fsp3) is 0.500. The number of nitrogens with zero attached hydrogens (tertiary/aromatic N) is 4. The van der Waals surface area contributed by atoms with Crippen LogP contribution in [0.2, 0.25) is 0 Å². The van der Waals surface area contributed by atoms with Gasteiger partial charge in [0.05, 0.1) is 4.92 Å². The Bertz CT molecular complexity index is 783. The molecule has 0 bridgehead atoms. The highest BCUT2D eigenvalue weighted by Crippen LogP contribution is 2.32. The van der Waals surface area contributed by atoms with Gasteiger partial charge in [0.2, 0.25) is 17.6 Å². The number of non-ortho nitro benzene ring substituents is 1. The van der Waals surface area contributed by atoms with Crippen molar-refractivity contribution in [2.45, 2.75) is 45.6 Å². The van der Waals surface area contributed by atoms with E-state index in [9.17, 15) is 14.9 Å². The van der Waals surface area contributed by atoms with Crippen LogP contribution in [0.5, 0.6) is 0 Å². The Labute approximate surface area is 151 Å². The summed E-state index contributed by atoms with van der Waals surface area (Å²) in [5, 5.41) is 14.6. The molecule has 1 aliphatic carbocycles. The molecule has 0 N–H and O–H groups in total. The highest BCUT2D eigenvalue weighted by molar-refractivity contribution is 5.81. The van der Waals surface area contributed by atoms with Gasteiger partial charge >= 0.3 is 0 Å². The van der Waals surface area contributed by atoms with E-state index in [1.165, 1.54) is 12.1 Å². The maximum atomic E-state index is 12.4. The number of amides is 1. The van der Waals surface area contributed by atoms with Gasteiger partial charge in [0.25, 0.3) is 5.69 Å². The molecule has 0 spiro atoms. The van der Waals surface area contributed by atoms with Crippen molar-refractivity contribution in [1.29, 1.82) is 0 Å². The van der Waals surface area contributed by atoms with Crippen molar-refractivity contribution < 1.29 is 14.2 Å². The number of carbonyl (C=O) groups is 1. The quantitative estimate of drug-likeness (QED) is 0.530. The topological polar surface area (TPSA) is 102 Å². The Kier molecular flexibility index (Phi) is 5.29. The molecule has 8 heteroatoms. The lowest BCUT2D eigenvalue weighted by Crippen LogP contribution is -2.40. The monoisotopic (exact) mass is 358 g/mol. The van der Waals surface area contributed by atoms with Crippen LogP contribution in [-0.2, 0) is 11.2 Å². The number of nitro benzene ring substituents is 1. The van der Waals surface area contributed by atoms with Crippen LogP contribution in [0.4, 0.5) is 5.69 Å². The Morgan fingerprint density at radius 1 is 1.38 bits per heavy atom. The molecule has 0 radical (unpaired) electrons. The zero-order valence-corrected chi connectivity index (χ0v) is 14.9. The summed E-state index contributed by atoms with van der Waals surface area (Å²) < 4.78 is 5.28. The molecular formula is C18H22N4O4. The van der Waals surface area contributed by atoms with E-state index in [0.717, 1.165) is 19.3 Å². The molecule has 0 aliphatic heterocycles. The summed E-state index contributed by atoms with van der Waals surface area (Å²) in [6.45, 7) is 4.67. The lowest BCUT2D eigenvalue weighted by atomic mass is 10.2. The minimum atomic E-state index is -0.453. The van der Waals surface area contributed by atoms with E-state index < -0.39 is 4.92 Å². The van der Waals surface area contributed by atoms with E-state index >= 15 is 0 Å². The number of rotatable bonds is 8. The summed E-state index contributed by atoms with van der Waals surface area (Å²) in [5.74, 6) is 1.24. The Hall–Kier alpha value is -2.77. The molecule has 138 valence electrons. The van der Waals surface area contributed by atoms with Crippen molar-refractivity contribution >= 4 is 11.6 Å². The smallest absolute Gasteiger partial charge is 0.269 e. The van der Waals surface area contributed by atoms with Gasteiger partial charge in [-0.05, 0) is 38.3 Å². The van der Waals surface area contributed by atoms with Gasteiger partial charge in [-0.15, -0.1) is 0 Å². The first kappa shape index (κ1) is 18.0. The first-order valence-electron chi connectivity index (χ1n) is 8.87. The van der Waals surface area contributed by atoms with Crippen LogP contribution in [0.3, 0.4) is 0 Å². The van der Waals surface area contributed by atoms with Crippen LogP contribution in [0, 0.1) is 16.0 Å². The van der Waals surface area contributed by atoms with Crippen LogP contribution in [0.15, 0.2) is 28.8 Å². The van der Waals surface area contributed by atoms with E-state index in [0.29, 0.717) is 30.2 Å². The zero-order valence-electron chi connectivity index (χ0n) is 14.9. The van der Waals surface area contributed by atoms with E-state index in [1.54, 1.807) is 12.1 Å². The summed E-state index contributed by atoms with van der Waals surface area (Å²) in [6.07, 6.45) is 3.35. The third kappa shape index (κ3) is 4.07. The summed E-state index contributed by atoms with van der Waals surface area (Å²) in [7, 11) is 0. The van der Waals surface area contributed by atoms with E-state index in [1.807, 2.05) is 4.90 Å². The molecule has 2 aromatic rings. The fourth-order valence-electron chi connectivity index (χ4n) is 2.75. The van der Waals surface area contributed by atoms with E-state index in [4.69, 9.17) is 4.52 Å². The first-order chi connectivity index (χ1) is 12.5. The average Bonchev–Trinajstić information content (AvgIpc) is 3.40. The lowest BCUT2D eigenvalue weighted by Gasteiger charge is -2.28. The van der Waals surface area contributed by atoms with Gasteiger partial charge in [0.1, 0.15) is 0 Å². The standard InChI is InChI=1S/C18H22N4O4/c1-3-12(2)21(18(23)14-4-5-14)11-10-16-19-17(20-26-16)13-6-8-15(9-7-13)22(24)25/h6-9,12,14H,3-5,10-11H2,1-2H3/t12-/m1/s1. The van der Waals surface area contributed by atoms with Crippen molar-refractivity contribution in [2.24, 2.45) is 5.92 Å². The molecule has 1 amide bonds. The molecule has 1 aliphatic rings. The van der Waals surface area contributed by atoms with E-state index in [2.05, 4.69) is 24.0 Å². The van der Waals surface area contributed by atoms with Gasteiger partial charge in [-0.25, -0.2) is 0 Å².